The molecule has 9 nitrogen and oxygen atoms in total. The fourth-order valence-corrected chi connectivity index (χ4v) is 2.96. The Kier molecular flexibility index (Phi) is 8.00. The maximum atomic E-state index is 12.4. The van der Waals surface area contributed by atoms with Crippen molar-refractivity contribution in [3.8, 4) is 5.75 Å². The summed E-state index contributed by atoms with van der Waals surface area (Å²) in [7, 11) is -1.32. The van der Waals surface area contributed by atoms with Crippen LogP contribution in [0.25, 0.3) is 0 Å². The fraction of sp³-hybridized carbons (Fsp3) is 0.471. The standard InChI is InChI=1S/C17H22BNO8S/c1-4-24-17(22)26-10(2)25-16(21)12-7-5-6-11-8-13(18(23)27-15(11)12)19-14(20)9-28-3/h5-7,10,13,23H,4,8-9H2,1-3H3,(H,19,20). The van der Waals surface area contributed by atoms with Crippen molar-refractivity contribution >= 4 is 36.9 Å². The minimum atomic E-state index is -1.32. The first kappa shape index (κ1) is 21.9. The Hall–Kier alpha value is -2.40. The van der Waals surface area contributed by atoms with E-state index in [1.54, 1.807) is 25.3 Å². The quantitative estimate of drug-likeness (QED) is 0.387. The Morgan fingerprint density at radius 1 is 1.39 bits per heavy atom. The summed E-state index contributed by atoms with van der Waals surface area (Å²) >= 11 is 1.36. The lowest BCUT2D eigenvalue weighted by Gasteiger charge is -2.29. The van der Waals surface area contributed by atoms with E-state index in [1.807, 2.05) is 0 Å². The maximum Gasteiger partial charge on any atom is 0.547 e. The van der Waals surface area contributed by atoms with Gasteiger partial charge in [-0.1, -0.05) is 12.1 Å². The lowest BCUT2D eigenvalue weighted by Crippen LogP contribution is -2.53. The van der Waals surface area contributed by atoms with Crippen LogP contribution in [-0.4, -0.2) is 61.0 Å². The zero-order valence-electron chi connectivity index (χ0n) is 15.8. The first-order valence-electron chi connectivity index (χ1n) is 8.65. The predicted molar refractivity (Wildman–Crippen MR) is 102 cm³/mol. The van der Waals surface area contributed by atoms with Crippen molar-refractivity contribution < 1.29 is 38.3 Å². The number of rotatable bonds is 7. The molecule has 0 aromatic heterocycles. The Bertz CT molecular complexity index is 731. The van der Waals surface area contributed by atoms with Gasteiger partial charge in [-0.25, -0.2) is 9.59 Å². The van der Waals surface area contributed by atoms with Gasteiger partial charge in [0.1, 0.15) is 11.3 Å². The van der Waals surface area contributed by atoms with E-state index in [2.05, 4.69) is 10.1 Å². The lowest BCUT2D eigenvalue weighted by molar-refractivity contribution is -0.119. The molecule has 11 heteroatoms. The highest BCUT2D eigenvalue weighted by atomic mass is 32.2. The van der Waals surface area contributed by atoms with E-state index >= 15 is 0 Å². The molecule has 0 saturated carbocycles. The lowest BCUT2D eigenvalue weighted by atomic mass is 9.72. The number of amides is 1. The molecule has 0 fully saturated rings. The number of ether oxygens (including phenoxy) is 3. The van der Waals surface area contributed by atoms with Crippen LogP contribution in [0.3, 0.4) is 0 Å². The Balaban J connectivity index is 2.08. The SMILES string of the molecule is CCOC(=O)OC(C)OC(=O)c1cccc2c1OB(O)C(NC(=O)CSC)C2. The van der Waals surface area contributed by atoms with Crippen LogP contribution in [0.4, 0.5) is 4.79 Å². The molecule has 1 aromatic carbocycles. The van der Waals surface area contributed by atoms with E-state index in [0.29, 0.717) is 5.56 Å². The van der Waals surface area contributed by atoms with Crippen molar-refractivity contribution in [1.29, 1.82) is 0 Å². The highest BCUT2D eigenvalue weighted by Gasteiger charge is 2.38. The molecule has 2 rings (SSSR count). The summed E-state index contributed by atoms with van der Waals surface area (Å²) in [6, 6.07) is 4.83. The third-order valence-electron chi connectivity index (χ3n) is 3.76. The largest absolute Gasteiger partial charge is 0.547 e. The number of thioether (sulfide) groups is 1. The Morgan fingerprint density at radius 3 is 2.82 bits per heavy atom. The van der Waals surface area contributed by atoms with Gasteiger partial charge in [0.05, 0.1) is 18.3 Å². The molecule has 2 unspecified atom stereocenters. The number of hydrogen-bond acceptors (Lipinski definition) is 9. The number of fused-ring (bicyclic) bond motifs is 1. The molecule has 2 atom stereocenters. The number of carbonyl (C=O) groups excluding carboxylic acids is 3. The molecule has 28 heavy (non-hydrogen) atoms. The first-order valence-corrected chi connectivity index (χ1v) is 10.0. The summed E-state index contributed by atoms with van der Waals surface area (Å²) < 4.78 is 20.0. The van der Waals surface area contributed by atoms with Crippen LogP contribution in [-0.2, 0) is 25.4 Å². The molecule has 0 saturated heterocycles. The van der Waals surface area contributed by atoms with E-state index in [-0.39, 0.29) is 36.0 Å². The second kappa shape index (κ2) is 10.2. The van der Waals surface area contributed by atoms with E-state index in [9.17, 15) is 19.4 Å². The average Bonchev–Trinajstić information content (AvgIpc) is 2.62. The normalized spacial score (nSPS) is 16.3. The van der Waals surface area contributed by atoms with Gasteiger partial charge >= 0.3 is 19.2 Å². The Morgan fingerprint density at radius 2 is 2.14 bits per heavy atom. The van der Waals surface area contributed by atoms with Crippen LogP contribution >= 0.6 is 11.8 Å². The van der Waals surface area contributed by atoms with Gasteiger partial charge in [0.25, 0.3) is 0 Å². The van der Waals surface area contributed by atoms with Gasteiger partial charge in [0.2, 0.25) is 12.2 Å². The van der Waals surface area contributed by atoms with Gasteiger partial charge < -0.3 is 29.2 Å². The van der Waals surface area contributed by atoms with Gasteiger partial charge in [-0.2, -0.15) is 11.8 Å². The molecule has 1 amide bonds. The predicted octanol–water partition coefficient (Wildman–Crippen LogP) is 1.16. The van der Waals surface area contributed by atoms with Crippen molar-refractivity contribution in [2.75, 3.05) is 18.6 Å². The molecule has 0 radical (unpaired) electrons. The second-order valence-electron chi connectivity index (χ2n) is 5.89. The number of nitrogens with one attached hydrogen (secondary N) is 1. The molecule has 2 N–H and O–H groups in total. The fourth-order valence-electron chi connectivity index (χ4n) is 2.61. The van der Waals surface area contributed by atoms with Crippen molar-refractivity contribution in [2.45, 2.75) is 32.5 Å². The van der Waals surface area contributed by atoms with Crippen LogP contribution in [0.15, 0.2) is 18.2 Å². The van der Waals surface area contributed by atoms with Crippen molar-refractivity contribution in [3.63, 3.8) is 0 Å². The third kappa shape index (κ3) is 5.80. The average molecular weight is 411 g/mol. The molecule has 1 aliphatic heterocycles. The molecule has 0 aliphatic carbocycles. The third-order valence-corrected chi connectivity index (χ3v) is 4.31. The molecule has 0 bridgehead atoms. The number of carbonyl (C=O) groups is 3. The highest BCUT2D eigenvalue weighted by Crippen LogP contribution is 2.31. The summed E-state index contributed by atoms with van der Waals surface area (Å²) in [5.74, 6) is -1.21. The summed E-state index contributed by atoms with van der Waals surface area (Å²) in [5, 5.41) is 12.9. The monoisotopic (exact) mass is 411 g/mol. The number of para-hydroxylation sites is 1. The van der Waals surface area contributed by atoms with Crippen LogP contribution in [0, 0.1) is 0 Å². The van der Waals surface area contributed by atoms with Gasteiger partial charge in [0, 0.05) is 6.92 Å². The summed E-state index contributed by atoms with van der Waals surface area (Å²) in [6.45, 7) is 3.12. The zero-order chi connectivity index (χ0) is 20.7. The molecule has 1 aliphatic rings. The first-order chi connectivity index (χ1) is 13.3. The minimum Gasteiger partial charge on any atom is -0.534 e. The summed E-state index contributed by atoms with van der Waals surface area (Å²) in [4.78, 5) is 35.5. The number of benzene rings is 1. The second-order valence-corrected chi connectivity index (χ2v) is 6.75. The Labute approximate surface area is 167 Å². The van der Waals surface area contributed by atoms with Gasteiger partial charge in [-0.05, 0) is 31.2 Å². The van der Waals surface area contributed by atoms with E-state index in [4.69, 9.17) is 14.1 Å². The molecular weight excluding hydrogens is 389 g/mol. The summed E-state index contributed by atoms with van der Waals surface area (Å²) in [6.07, 6.45) is -0.0391. The number of hydrogen-bond donors (Lipinski definition) is 2. The van der Waals surface area contributed by atoms with E-state index in [1.165, 1.54) is 24.8 Å². The van der Waals surface area contributed by atoms with Crippen LogP contribution in [0.2, 0.25) is 0 Å². The summed E-state index contributed by atoms with van der Waals surface area (Å²) in [5.41, 5.74) is 0.706. The minimum absolute atomic E-state index is 0.0738. The molecule has 1 heterocycles. The van der Waals surface area contributed by atoms with Gasteiger partial charge in [-0.15, -0.1) is 0 Å². The number of esters is 1. The van der Waals surface area contributed by atoms with E-state index < -0.39 is 31.5 Å². The van der Waals surface area contributed by atoms with E-state index in [0.717, 1.165) is 0 Å². The van der Waals surface area contributed by atoms with Crippen molar-refractivity contribution in [2.24, 2.45) is 0 Å². The maximum absolute atomic E-state index is 12.4. The topological polar surface area (TPSA) is 120 Å². The van der Waals surface area contributed by atoms with Crippen LogP contribution in [0.1, 0.15) is 29.8 Å². The molecule has 0 spiro atoms. The molecule has 1 aromatic rings. The van der Waals surface area contributed by atoms with Gasteiger partial charge in [-0.3, -0.25) is 4.79 Å². The highest BCUT2D eigenvalue weighted by molar-refractivity contribution is 7.99. The molecule has 152 valence electrons. The van der Waals surface area contributed by atoms with Crippen LogP contribution in [0.5, 0.6) is 5.75 Å². The van der Waals surface area contributed by atoms with Crippen LogP contribution < -0.4 is 9.97 Å². The smallest absolute Gasteiger partial charge is 0.534 e. The van der Waals surface area contributed by atoms with Crippen molar-refractivity contribution in [3.05, 3.63) is 29.3 Å². The zero-order valence-corrected chi connectivity index (χ0v) is 16.6. The van der Waals surface area contributed by atoms with Gasteiger partial charge in [0.15, 0.2) is 0 Å². The van der Waals surface area contributed by atoms with Crippen molar-refractivity contribution in [1.82, 2.24) is 5.32 Å². The molecular formula is C17H22BNO8S.